The molecule has 0 saturated heterocycles. The van der Waals surface area contributed by atoms with Gasteiger partial charge in [0.1, 0.15) is 11.5 Å². The number of anilines is 1. The monoisotopic (exact) mass is 434 g/mol. The quantitative estimate of drug-likeness (QED) is 0.687. The van der Waals surface area contributed by atoms with E-state index >= 15 is 0 Å². The first-order chi connectivity index (χ1) is 12.9. The van der Waals surface area contributed by atoms with Crippen LogP contribution >= 0.6 is 15.9 Å². The molecule has 0 aliphatic carbocycles. The number of carbonyl (C=O) groups is 2. The number of nitrogens with zero attached hydrogens (tertiary/aromatic N) is 1. The zero-order chi connectivity index (χ0) is 19.8. The van der Waals surface area contributed by atoms with Gasteiger partial charge in [0.25, 0.3) is 5.91 Å². The number of hydrogen-bond donors (Lipinski definition) is 1. The number of methoxy groups -OCH3 is 1. The van der Waals surface area contributed by atoms with E-state index in [0.29, 0.717) is 23.7 Å². The standard InChI is InChI=1S/C20H23BrN2O4/c1-4-23(13-19(24)22-16-6-5-7-18(12-16)26-3)20(25)14(2)27-17-10-8-15(21)9-11-17/h5-12,14H,4,13H2,1-3H3,(H,22,24). The summed E-state index contributed by atoms with van der Waals surface area (Å²) < 4.78 is 11.7. The summed E-state index contributed by atoms with van der Waals surface area (Å²) in [5, 5.41) is 2.77. The van der Waals surface area contributed by atoms with Crippen LogP contribution in [0, 0.1) is 0 Å². The molecule has 0 radical (unpaired) electrons. The lowest BCUT2D eigenvalue weighted by molar-refractivity contribution is -0.140. The van der Waals surface area contributed by atoms with Crippen LogP contribution in [-0.2, 0) is 9.59 Å². The summed E-state index contributed by atoms with van der Waals surface area (Å²) in [6.07, 6.45) is -0.698. The van der Waals surface area contributed by atoms with E-state index in [1.807, 2.05) is 19.1 Å². The molecular formula is C20H23BrN2O4. The number of likely N-dealkylation sites (N-methyl/N-ethyl adjacent to an activating group) is 1. The maximum absolute atomic E-state index is 12.6. The highest BCUT2D eigenvalue weighted by molar-refractivity contribution is 9.10. The molecular weight excluding hydrogens is 412 g/mol. The first-order valence-corrected chi connectivity index (χ1v) is 9.37. The average molecular weight is 435 g/mol. The molecule has 0 aliphatic heterocycles. The molecule has 2 aromatic rings. The van der Waals surface area contributed by atoms with E-state index in [1.54, 1.807) is 50.4 Å². The lowest BCUT2D eigenvalue weighted by Gasteiger charge is -2.24. The minimum atomic E-state index is -0.698. The van der Waals surface area contributed by atoms with E-state index in [9.17, 15) is 9.59 Å². The van der Waals surface area contributed by atoms with Gasteiger partial charge in [-0.25, -0.2) is 0 Å². The number of rotatable bonds is 8. The Hall–Kier alpha value is -2.54. The van der Waals surface area contributed by atoms with E-state index < -0.39 is 6.10 Å². The lowest BCUT2D eigenvalue weighted by Crippen LogP contribution is -2.44. The summed E-state index contributed by atoms with van der Waals surface area (Å²) in [6, 6.07) is 14.3. The highest BCUT2D eigenvalue weighted by Crippen LogP contribution is 2.18. The van der Waals surface area contributed by atoms with Gasteiger partial charge in [-0.2, -0.15) is 0 Å². The average Bonchev–Trinajstić information content (AvgIpc) is 2.67. The number of carbonyl (C=O) groups excluding carboxylic acids is 2. The van der Waals surface area contributed by atoms with Gasteiger partial charge >= 0.3 is 0 Å². The SMILES string of the molecule is CCN(CC(=O)Nc1cccc(OC)c1)C(=O)C(C)Oc1ccc(Br)cc1. The molecule has 0 bridgehead atoms. The maximum atomic E-state index is 12.6. The van der Waals surface area contributed by atoms with E-state index in [4.69, 9.17) is 9.47 Å². The van der Waals surface area contributed by atoms with Gasteiger partial charge in [-0.1, -0.05) is 22.0 Å². The Kier molecular flexibility index (Phi) is 7.67. The van der Waals surface area contributed by atoms with Crippen molar-refractivity contribution in [3.8, 4) is 11.5 Å². The Morgan fingerprint density at radius 3 is 2.48 bits per heavy atom. The molecule has 144 valence electrons. The van der Waals surface area contributed by atoms with Crippen molar-refractivity contribution in [3.63, 3.8) is 0 Å². The molecule has 27 heavy (non-hydrogen) atoms. The van der Waals surface area contributed by atoms with Gasteiger partial charge in [-0.05, 0) is 50.2 Å². The van der Waals surface area contributed by atoms with Gasteiger partial charge in [-0.3, -0.25) is 9.59 Å². The van der Waals surface area contributed by atoms with Gasteiger partial charge in [0.15, 0.2) is 6.10 Å². The van der Waals surface area contributed by atoms with Crippen LogP contribution in [0.5, 0.6) is 11.5 Å². The fourth-order valence-electron chi connectivity index (χ4n) is 2.45. The van der Waals surface area contributed by atoms with Crippen LogP contribution in [0.3, 0.4) is 0 Å². The second kappa shape index (κ2) is 9.97. The molecule has 1 unspecified atom stereocenters. The van der Waals surface area contributed by atoms with Crippen molar-refractivity contribution < 1.29 is 19.1 Å². The normalized spacial score (nSPS) is 11.4. The van der Waals surface area contributed by atoms with Crippen LogP contribution in [0.1, 0.15) is 13.8 Å². The number of benzene rings is 2. The predicted molar refractivity (Wildman–Crippen MR) is 108 cm³/mol. The summed E-state index contributed by atoms with van der Waals surface area (Å²) in [5.74, 6) is 0.708. The van der Waals surface area contributed by atoms with Crippen LogP contribution in [0.4, 0.5) is 5.69 Å². The predicted octanol–water partition coefficient (Wildman–Crippen LogP) is 3.71. The van der Waals surface area contributed by atoms with Crippen LogP contribution in [0.25, 0.3) is 0 Å². The van der Waals surface area contributed by atoms with E-state index in [-0.39, 0.29) is 18.4 Å². The van der Waals surface area contributed by atoms with E-state index in [0.717, 1.165) is 4.47 Å². The largest absolute Gasteiger partial charge is 0.497 e. The van der Waals surface area contributed by atoms with Crippen molar-refractivity contribution in [2.24, 2.45) is 0 Å². The number of ether oxygens (including phenoxy) is 2. The third-order valence-corrected chi connectivity index (χ3v) is 4.38. The molecule has 0 aliphatic rings. The van der Waals surface area contributed by atoms with E-state index in [1.165, 1.54) is 4.90 Å². The zero-order valence-corrected chi connectivity index (χ0v) is 17.2. The summed E-state index contributed by atoms with van der Waals surface area (Å²) in [7, 11) is 1.56. The first kappa shape index (κ1) is 20.8. The third-order valence-electron chi connectivity index (χ3n) is 3.86. The Labute approximate surface area is 167 Å². The van der Waals surface area contributed by atoms with Crippen molar-refractivity contribution in [1.82, 2.24) is 4.90 Å². The minimum Gasteiger partial charge on any atom is -0.497 e. The molecule has 0 fully saturated rings. The van der Waals surface area contributed by atoms with Crippen molar-refractivity contribution in [2.75, 3.05) is 25.5 Å². The number of amides is 2. The molecule has 2 amide bonds. The molecule has 1 N–H and O–H groups in total. The molecule has 7 heteroatoms. The highest BCUT2D eigenvalue weighted by atomic mass is 79.9. The molecule has 1 atom stereocenters. The first-order valence-electron chi connectivity index (χ1n) is 8.57. The van der Waals surface area contributed by atoms with E-state index in [2.05, 4.69) is 21.2 Å². The molecule has 0 spiro atoms. The summed E-state index contributed by atoms with van der Waals surface area (Å²) >= 11 is 3.36. The molecule has 6 nitrogen and oxygen atoms in total. The Balaban J connectivity index is 1.94. The second-order valence-electron chi connectivity index (χ2n) is 5.85. The Bertz CT molecular complexity index is 780. The van der Waals surface area contributed by atoms with Gasteiger partial charge < -0.3 is 19.7 Å². The Morgan fingerprint density at radius 2 is 1.85 bits per heavy atom. The van der Waals surface area contributed by atoms with Crippen LogP contribution in [-0.4, -0.2) is 43.0 Å². The van der Waals surface area contributed by atoms with Crippen molar-refractivity contribution in [1.29, 1.82) is 0 Å². The lowest BCUT2D eigenvalue weighted by atomic mass is 10.3. The van der Waals surface area contributed by atoms with Crippen molar-refractivity contribution >= 4 is 33.4 Å². The molecule has 0 aromatic heterocycles. The molecule has 0 heterocycles. The third kappa shape index (κ3) is 6.29. The summed E-state index contributed by atoms with van der Waals surface area (Å²) in [6.45, 7) is 3.84. The number of hydrogen-bond acceptors (Lipinski definition) is 4. The maximum Gasteiger partial charge on any atom is 0.263 e. The summed E-state index contributed by atoms with van der Waals surface area (Å²) in [4.78, 5) is 26.4. The molecule has 0 saturated carbocycles. The van der Waals surface area contributed by atoms with Crippen molar-refractivity contribution in [3.05, 3.63) is 53.0 Å². The Morgan fingerprint density at radius 1 is 1.15 bits per heavy atom. The van der Waals surface area contributed by atoms with Gasteiger partial charge in [0, 0.05) is 22.8 Å². The fraction of sp³-hybridized carbons (Fsp3) is 0.300. The van der Waals surface area contributed by atoms with Crippen LogP contribution < -0.4 is 14.8 Å². The topological polar surface area (TPSA) is 67.9 Å². The fourth-order valence-corrected chi connectivity index (χ4v) is 2.71. The summed E-state index contributed by atoms with van der Waals surface area (Å²) in [5.41, 5.74) is 0.613. The van der Waals surface area contributed by atoms with Gasteiger partial charge in [0.2, 0.25) is 5.91 Å². The van der Waals surface area contributed by atoms with Crippen LogP contribution in [0.15, 0.2) is 53.0 Å². The molecule has 2 aromatic carbocycles. The minimum absolute atomic E-state index is 0.0550. The van der Waals surface area contributed by atoms with Gasteiger partial charge in [-0.15, -0.1) is 0 Å². The second-order valence-corrected chi connectivity index (χ2v) is 6.76. The zero-order valence-electron chi connectivity index (χ0n) is 15.6. The van der Waals surface area contributed by atoms with Gasteiger partial charge in [0.05, 0.1) is 13.7 Å². The van der Waals surface area contributed by atoms with Crippen LogP contribution in [0.2, 0.25) is 0 Å². The highest BCUT2D eigenvalue weighted by Gasteiger charge is 2.23. The number of halogens is 1. The molecule has 2 rings (SSSR count). The van der Waals surface area contributed by atoms with Crippen molar-refractivity contribution in [2.45, 2.75) is 20.0 Å². The number of nitrogens with one attached hydrogen (secondary N) is 1. The smallest absolute Gasteiger partial charge is 0.263 e.